The van der Waals surface area contributed by atoms with Crippen molar-refractivity contribution in [3.8, 4) is 0 Å². The third kappa shape index (κ3) is 3.14. The second kappa shape index (κ2) is 7.84. The van der Waals surface area contributed by atoms with Gasteiger partial charge in [-0.2, -0.15) is 0 Å². The Morgan fingerprint density at radius 2 is 1.84 bits per heavy atom. The van der Waals surface area contributed by atoms with Crippen LogP contribution in [0.1, 0.15) is 77.6 Å². The zero-order valence-corrected chi connectivity index (χ0v) is 18.7. The molecule has 3 aliphatic carbocycles. The maximum atomic E-state index is 13.8. The third-order valence-corrected chi connectivity index (χ3v) is 8.82. The Morgan fingerprint density at radius 1 is 1.00 bits per heavy atom. The van der Waals surface area contributed by atoms with Crippen molar-refractivity contribution in [2.45, 2.75) is 62.8 Å². The van der Waals surface area contributed by atoms with Gasteiger partial charge in [0.2, 0.25) is 0 Å². The van der Waals surface area contributed by atoms with Crippen LogP contribution in [0.25, 0.3) is 0 Å². The fraction of sp³-hybridized carbons (Fsp3) is 0.500. The maximum absolute atomic E-state index is 13.8. The fourth-order valence-electron chi connectivity index (χ4n) is 7.00. The van der Waals surface area contributed by atoms with Crippen molar-refractivity contribution in [2.75, 3.05) is 18.4 Å². The standard InChI is InChI=1S/C28H32N2O2/c31-26-22-13-12-21(29-27(32)20-9-2-1-3-10-20)17-24(22)28-14-5-4-11-23(28)25(26)30(16-15-28)18-19-7-6-8-19/h1-3,9-10,12-13,17,19,23,25H,4-8,11,14-16,18H2,(H,29,32)/t23-,25+,28+/m0/s1. The lowest BCUT2D eigenvalue weighted by atomic mass is 9.52. The van der Waals surface area contributed by atoms with Crippen LogP contribution in [0.15, 0.2) is 48.5 Å². The van der Waals surface area contributed by atoms with E-state index in [1.807, 2.05) is 42.5 Å². The minimum absolute atomic E-state index is 0.0573. The Labute approximate surface area is 190 Å². The summed E-state index contributed by atoms with van der Waals surface area (Å²) in [5.74, 6) is 1.43. The molecule has 2 aromatic rings. The lowest BCUT2D eigenvalue weighted by Gasteiger charge is -2.58. The molecule has 0 radical (unpaired) electrons. The first-order chi connectivity index (χ1) is 15.7. The molecule has 4 nitrogen and oxygen atoms in total. The Balaban J connectivity index is 1.35. The second-order valence-electron chi connectivity index (χ2n) is 10.4. The molecule has 6 rings (SSSR count). The monoisotopic (exact) mass is 428 g/mol. The van der Waals surface area contributed by atoms with Crippen LogP contribution in [0.3, 0.4) is 0 Å². The number of hydrogen-bond donors (Lipinski definition) is 1. The summed E-state index contributed by atoms with van der Waals surface area (Å²) in [7, 11) is 0. The topological polar surface area (TPSA) is 49.4 Å². The highest BCUT2D eigenvalue weighted by Crippen LogP contribution is 2.56. The van der Waals surface area contributed by atoms with Gasteiger partial charge in [0.05, 0.1) is 6.04 Å². The van der Waals surface area contributed by atoms with E-state index in [0.29, 0.717) is 17.3 Å². The van der Waals surface area contributed by atoms with E-state index >= 15 is 0 Å². The molecule has 32 heavy (non-hydrogen) atoms. The fourth-order valence-corrected chi connectivity index (χ4v) is 7.00. The number of Topliss-reactive ketones (excluding diaryl/α,β-unsaturated/α-hetero) is 1. The highest BCUT2D eigenvalue weighted by atomic mass is 16.1. The van der Waals surface area contributed by atoms with Crippen molar-refractivity contribution >= 4 is 17.4 Å². The molecular formula is C28H32N2O2. The van der Waals surface area contributed by atoms with Gasteiger partial charge in [0, 0.05) is 28.8 Å². The van der Waals surface area contributed by atoms with Gasteiger partial charge in [-0.1, -0.05) is 37.5 Å². The predicted octanol–water partition coefficient (Wildman–Crippen LogP) is 5.44. The molecule has 1 aliphatic heterocycles. The molecule has 4 aliphatic rings. The molecule has 4 heteroatoms. The summed E-state index contributed by atoms with van der Waals surface area (Å²) in [5, 5.41) is 3.08. The summed E-state index contributed by atoms with van der Waals surface area (Å²) in [6, 6.07) is 15.4. The third-order valence-electron chi connectivity index (χ3n) is 8.82. The Hall–Kier alpha value is -2.46. The van der Waals surface area contributed by atoms with Crippen LogP contribution in [0.2, 0.25) is 0 Å². The number of carbonyl (C=O) groups is 2. The number of rotatable bonds is 4. The van der Waals surface area contributed by atoms with E-state index in [0.717, 1.165) is 43.1 Å². The first-order valence-corrected chi connectivity index (χ1v) is 12.4. The first-order valence-electron chi connectivity index (χ1n) is 12.4. The number of likely N-dealkylation sites (tertiary alicyclic amines) is 1. The Morgan fingerprint density at radius 3 is 2.62 bits per heavy atom. The van der Waals surface area contributed by atoms with Crippen molar-refractivity contribution in [2.24, 2.45) is 11.8 Å². The molecule has 2 bridgehead atoms. The van der Waals surface area contributed by atoms with Crippen LogP contribution in [-0.4, -0.2) is 35.7 Å². The van der Waals surface area contributed by atoms with Gasteiger partial charge in [-0.15, -0.1) is 0 Å². The molecular weight excluding hydrogens is 396 g/mol. The summed E-state index contributed by atoms with van der Waals surface area (Å²) in [5.41, 5.74) is 3.66. The number of ketones is 1. The van der Waals surface area contributed by atoms with Crippen LogP contribution in [-0.2, 0) is 5.41 Å². The van der Waals surface area contributed by atoms with Crippen molar-refractivity contribution in [1.29, 1.82) is 0 Å². The molecule has 2 aromatic carbocycles. The second-order valence-corrected chi connectivity index (χ2v) is 10.4. The lowest BCUT2D eigenvalue weighted by molar-refractivity contribution is -0.0134. The number of carbonyl (C=O) groups excluding carboxylic acids is 2. The van der Waals surface area contributed by atoms with Crippen LogP contribution < -0.4 is 5.32 Å². The number of nitrogens with zero attached hydrogens (tertiary/aromatic N) is 1. The summed E-state index contributed by atoms with van der Waals surface area (Å²) in [6.07, 6.45) is 9.93. The SMILES string of the molecule is O=C(Nc1ccc2c(c1)[C@@]13CCCC[C@H]1[C@H](C2=O)N(CC1CCC1)CC3)c1ccccc1. The summed E-state index contributed by atoms with van der Waals surface area (Å²) >= 11 is 0. The predicted molar refractivity (Wildman–Crippen MR) is 126 cm³/mol. The molecule has 1 N–H and O–H groups in total. The van der Waals surface area contributed by atoms with Crippen molar-refractivity contribution < 1.29 is 9.59 Å². The minimum Gasteiger partial charge on any atom is -0.322 e. The zero-order valence-electron chi connectivity index (χ0n) is 18.7. The molecule has 3 fully saturated rings. The molecule has 3 atom stereocenters. The summed E-state index contributed by atoms with van der Waals surface area (Å²) in [6.45, 7) is 2.13. The van der Waals surface area contributed by atoms with Crippen molar-refractivity contribution in [3.05, 3.63) is 65.2 Å². The normalized spacial score (nSPS) is 29.6. The highest BCUT2D eigenvalue weighted by molar-refractivity contribution is 6.06. The van der Waals surface area contributed by atoms with Gasteiger partial charge in [-0.3, -0.25) is 14.5 Å². The van der Waals surface area contributed by atoms with Gasteiger partial charge < -0.3 is 5.32 Å². The first kappa shape index (κ1) is 20.2. The van der Waals surface area contributed by atoms with Gasteiger partial charge in [0.15, 0.2) is 5.78 Å². The number of piperidine rings is 1. The van der Waals surface area contributed by atoms with E-state index in [9.17, 15) is 9.59 Å². The van der Waals surface area contributed by atoms with E-state index in [2.05, 4.69) is 16.3 Å². The Kier molecular flexibility index (Phi) is 4.94. The highest BCUT2D eigenvalue weighted by Gasteiger charge is 2.57. The number of fused-ring (bicyclic) bond motifs is 1. The van der Waals surface area contributed by atoms with Gasteiger partial charge in [0.1, 0.15) is 0 Å². The molecule has 166 valence electrons. The van der Waals surface area contributed by atoms with Crippen LogP contribution in [0.5, 0.6) is 0 Å². The Bertz CT molecular complexity index is 1040. The average Bonchev–Trinajstić information content (AvgIpc) is 2.80. The summed E-state index contributed by atoms with van der Waals surface area (Å²) in [4.78, 5) is 29.1. The van der Waals surface area contributed by atoms with Gasteiger partial charge in [0.25, 0.3) is 5.91 Å². The number of benzene rings is 2. The summed E-state index contributed by atoms with van der Waals surface area (Å²) < 4.78 is 0. The largest absolute Gasteiger partial charge is 0.322 e. The average molecular weight is 429 g/mol. The van der Waals surface area contributed by atoms with E-state index in [1.165, 1.54) is 44.1 Å². The van der Waals surface area contributed by atoms with Gasteiger partial charge in [-0.05, 0) is 86.4 Å². The van der Waals surface area contributed by atoms with Crippen LogP contribution in [0.4, 0.5) is 5.69 Å². The van der Waals surface area contributed by atoms with Crippen LogP contribution >= 0.6 is 0 Å². The van der Waals surface area contributed by atoms with E-state index in [4.69, 9.17) is 0 Å². The number of hydrogen-bond acceptors (Lipinski definition) is 3. The number of amides is 1. The molecule has 1 saturated heterocycles. The number of anilines is 1. The molecule has 0 aromatic heterocycles. The minimum atomic E-state index is -0.0985. The molecule has 1 heterocycles. The van der Waals surface area contributed by atoms with Gasteiger partial charge >= 0.3 is 0 Å². The lowest BCUT2D eigenvalue weighted by Crippen LogP contribution is -2.64. The zero-order chi connectivity index (χ0) is 21.7. The van der Waals surface area contributed by atoms with E-state index < -0.39 is 0 Å². The molecule has 0 spiro atoms. The molecule has 1 amide bonds. The maximum Gasteiger partial charge on any atom is 0.255 e. The quantitative estimate of drug-likeness (QED) is 0.706. The number of nitrogens with one attached hydrogen (secondary N) is 1. The van der Waals surface area contributed by atoms with E-state index in [-0.39, 0.29) is 17.4 Å². The van der Waals surface area contributed by atoms with E-state index in [1.54, 1.807) is 0 Å². The molecule has 2 saturated carbocycles. The van der Waals surface area contributed by atoms with Gasteiger partial charge in [-0.25, -0.2) is 0 Å². The smallest absolute Gasteiger partial charge is 0.255 e. The van der Waals surface area contributed by atoms with Crippen molar-refractivity contribution in [1.82, 2.24) is 4.90 Å². The molecule has 0 unspecified atom stereocenters. The van der Waals surface area contributed by atoms with Crippen molar-refractivity contribution in [3.63, 3.8) is 0 Å². The van der Waals surface area contributed by atoms with Crippen LogP contribution in [0, 0.1) is 11.8 Å².